The number of hydrogen-bond acceptors (Lipinski definition) is 5. The summed E-state index contributed by atoms with van der Waals surface area (Å²) in [7, 11) is 1.60. The molecule has 6 heteroatoms. The van der Waals surface area contributed by atoms with E-state index in [1.54, 1.807) is 31.4 Å². The van der Waals surface area contributed by atoms with Crippen LogP contribution in [-0.2, 0) is 4.84 Å². The summed E-state index contributed by atoms with van der Waals surface area (Å²) >= 11 is 3.33. The second-order valence-electron chi connectivity index (χ2n) is 5.39. The summed E-state index contributed by atoms with van der Waals surface area (Å²) < 4.78 is 11.7. The van der Waals surface area contributed by atoms with Gasteiger partial charge in [-0.3, -0.25) is 0 Å². The lowest BCUT2D eigenvalue weighted by atomic mass is 10.0. The molecule has 0 saturated heterocycles. The van der Waals surface area contributed by atoms with Crippen molar-refractivity contribution in [2.45, 2.75) is 19.4 Å². The molecule has 0 radical (unpaired) electrons. The Kier molecular flexibility index (Phi) is 4.85. The summed E-state index contributed by atoms with van der Waals surface area (Å²) in [5.41, 5.74) is 1.90. The molecule has 1 heterocycles. The van der Waals surface area contributed by atoms with Crippen LogP contribution in [0.4, 0.5) is 0 Å². The van der Waals surface area contributed by atoms with E-state index in [-0.39, 0.29) is 6.10 Å². The highest BCUT2D eigenvalue weighted by Gasteiger charge is 2.24. The van der Waals surface area contributed by atoms with Crippen LogP contribution in [0.1, 0.15) is 29.3 Å². The Labute approximate surface area is 148 Å². The fourth-order valence-corrected chi connectivity index (χ4v) is 2.91. The van der Waals surface area contributed by atoms with Gasteiger partial charge in [-0.15, -0.1) is 0 Å². The zero-order chi connectivity index (χ0) is 17.1. The standard InChI is InChI=1S/C18H16BrNO4/c1-11-9-16(14-8-7-12(22-2)10-17(14)23-11)20-24-18(21)13-5-3-4-6-15(13)19/h3-8,10-11H,9H2,1-2H3/b20-16+/t11-/m0/s1. The number of nitrogens with zero attached hydrogens (tertiary/aromatic N) is 1. The van der Waals surface area contributed by atoms with Crippen LogP contribution in [0.5, 0.6) is 11.5 Å². The summed E-state index contributed by atoms with van der Waals surface area (Å²) in [5.74, 6) is 0.861. The minimum Gasteiger partial charge on any atom is -0.497 e. The first-order valence-corrected chi connectivity index (χ1v) is 8.25. The summed E-state index contributed by atoms with van der Waals surface area (Å²) in [6, 6.07) is 12.5. The van der Waals surface area contributed by atoms with Crippen LogP contribution in [0.3, 0.4) is 0 Å². The van der Waals surface area contributed by atoms with E-state index >= 15 is 0 Å². The largest absolute Gasteiger partial charge is 0.497 e. The van der Waals surface area contributed by atoms with Crippen LogP contribution in [0, 0.1) is 0 Å². The fourth-order valence-electron chi connectivity index (χ4n) is 2.47. The topological polar surface area (TPSA) is 57.1 Å². The van der Waals surface area contributed by atoms with Gasteiger partial charge in [-0.05, 0) is 47.1 Å². The van der Waals surface area contributed by atoms with Gasteiger partial charge in [-0.2, -0.15) is 0 Å². The van der Waals surface area contributed by atoms with E-state index in [9.17, 15) is 4.79 Å². The molecule has 1 atom stereocenters. The third-order valence-corrected chi connectivity index (χ3v) is 4.33. The molecule has 124 valence electrons. The van der Waals surface area contributed by atoms with Crippen LogP contribution in [-0.4, -0.2) is 24.9 Å². The molecule has 2 aromatic carbocycles. The van der Waals surface area contributed by atoms with E-state index in [1.807, 2.05) is 25.1 Å². The number of oxime groups is 1. The number of carbonyl (C=O) groups excluding carboxylic acids is 1. The van der Waals surface area contributed by atoms with Gasteiger partial charge in [-0.25, -0.2) is 4.79 Å². The molecular formula is C18H16BrNO4. The van der Waals surface area contributed by atoms with Crippen molar-refractivity contribution in [1.82, 2.24) is 0 Å². The minimum atomic E-state index is -0.510. The number of carbonyl (C=O) groups is 1. The van der Waals surface area contributed by atoms with Gasteiger partial charge in [0.25, 0.3) is 0 Å². The van der Waals surface area contributed by atoms with E-state index in [0.29, 0.717) is 33.7 Å². The van der Waals surface area contributed by atoms with Gasteiger partial charge < -0.3 is 14.3 Å². The van der Waals surface area contributed by atoms with Crippen molar-refractivity contribution in [2.24, 2.45) is 5.16 Å². The quantitative estimate of drug-likeness (QED) is 0.583. The van der Waals surface area contributed by atoms with E-state index in [0.717, 1.165) is 5.56 Å². The number of ether oxygens (including phenoxy) is 2. The maximum atomic E-state index is 12.2. The Bertz CT molecular complexity index is 803. The number of methoxy groups -OCH3 is 1. The first kappa shape index (κ1) is 16.5. The lowest BCUT2D eigenvalue weighted by molar-refractivity contribution is 0.0512. The number of hydrogen-bond donors (Lipinski definition) is 0. The van der Waals surface area contributed by atoms with Gasteiger partial charge in [0.05, 0.1) is 18.4 Å². The van der Waals surface area contributed by atoms with Crippen LogP contribution < -0.4 is 9.47 Å². The molecule has 0 aliphatic carbocycles. The molecule has 0 aromatic heterocycles. The Morgan fingerprint density at radius 2 is 2.08 bits per heavy atom. The van der Waals surface area contributed by atoms with Gasteiger partial charge in [0.1, 0.15) is 17.6 Å². The highest BCUT2D eigenvalue weighted by Crippen LogP contribution is 2.31. The Morgan fingerprint density at radius 3 is 2.83 bits per heavy atom. The zero-order valence-electron chi connectivity index (χ0n) is 13.3. The van der Waals surface area contributed by atoms with Crippen molar-refractivity contribution in [3.05, 3.63) is 58.1 Å². The number of fused-ring (bicyclic) bond motifs is 1. The molecule has 0 bridgehead atoms. The normalized spacial score (nSPS) is 17.8. The maximum Gasteiger partial charge on any atom is 0.366 e. The van der Waals surface area contributed by atoms with Gasteiger partial charge in [-0.1, -0.05) is 17.3 Å². The number of halogens is 1. The summed E-state index contributed by atoms with van der Waals surface area (Å²) in [6.07, 6.45) is 0.494. The van der Waals surface area contributed by atoms with Gasteiger partial charge in [0.15, 0.2) is 0 Å². The summed E-state index contributed by atoms with van der Waals surface area (Å²) in [5, 5.41) is 4.07. The highest BCUT2D eigenvalue weighted by molar-refractivity contribution is 9.10. The third kappa shape index (κ3) is 3.43. The maximum absolute atomic E-state index is 12.2. The second-order valence-corrected chi connectivity index (χ2v) is 6.25. The minimum absolute atomic E-state index is 0.0643. The van der Waals surface area contributed by atoms with Gasteiger partial charge in [0.2, 0.25) is 0 Å². The van der Waals surface area contributed by atoms with Crippen LogP contribution >= 0.6 is 15.9 Å². The van der Waals surface area contributed by atoms with Crippen molar-refractivity contribution in [2.75, 3.05) is 7.11 Å². The predicted molar refractivity (Wildman–Crippen MR) is 93.8 cm³/mol. The Morgan fingerprint density at radius 1 is 1.29 bits per heavy atom. The fraction of sp³-hybridized carbons (Fsp3) is 0.222. The van der Waals surface area contributed by atoms with Crippen molar-refractivity contribution >= 4 is 27.6 Å². The van der Waals surface area contributed by atoms with Crippen molar-refractivity contribution < 1.29 is 19.1 Å². The predicted octanol–water partition coefficient (Wildman–Crippen LogP) is 4.19. The Balaban J connectivity index is 1.86. The van der Waals surface area contributed by atoms with Crippen LogP contribution in [0.15, 0.2) is 52.1 Å². The molecule has 0 N–H and O–H groups in total. The summed E-state index contributed by atoms with van der Waals surface area (Å²) in [6.45, 7) is 1.94. The monoisotopic (exact) mass is 389 g/mol. The molecule has 0 saturated carbocycles. The van der Waals surface area contributed by atoms with E-state index in [1.165, 1.54) is 0 Å². The zero-order valence-corrected chi connectivity index (χ0v) is 14.9. The molecule has 24 heavy (non-hydrogen) atoms. The lowest BCUT2D eigenvalue weighted by Gasteiger charge is -2.24. The molecule has 0 amide bonds. The van der Waals surface area contributed by atoms with Crippen LogP contribution in [0.25, 0.3) is 0 Å². The van der Waals surface area contributed by atoms with E-state index in [4.69, 9.17) is 14.3 Å². The van der Waals surface area contributed by atoms with Crippen molar-refractivity contribution in [1.29, 1.82) is 0 Å². The molecule has 2 aromatic rings. The number of rotatable bonds is 3. The molecule has 1 aliphatic heterocycles. The molecule has 0 fully saturated rings. The summed E-state index contributed by atoms with van der Waals surface area (Å²) in [4.78, 5) is 17.3. The molecular weight excluding hydrogens is 374 g/mol. The number of benzene rings is 2. The smallest absolute Gasteiger partial charge is 0.366 e. The molecule has 0 spiro atoms. The SMILES string of the molecule is COc1ccc2c(c1)O[C@@H](C)C/C2=N\OC(=O)c1ccccc1Br. The first-order chi connectivity index (χ1) is 11.6. The lowest BCUT2D eigenvalue weighted by Crippen LogP contribution is -2.25. The van der Waals surface area contributed by atoms with E-state index in [2.05, 4.69) is 21.1 Å². The highest BCUT2D eigenvalue weighted by atomic mass is 79.9. The third-order valence-electron chi connectivity index (χ3n) is 3.64. The first-order valence-electron chi connectivity index (χ1n) is 7.46. The average molecular weight is 390 g/mol. The average Bonchev–Trinajstić information content (AvgIpc) is 2.59. The molecule has 1 aliphatic rings. The van der Waals surface area contributed by atoms with E-state index < -0.39 is 5.97 Å². The van der Waals surface area contributed by atoms with Gasteiger partial charge in [0, 0.05) is 22.5 Å². The second kappa shape index (κ2) is 7.05. The Hall–Kier alpha value is -2.34. The molecule has 0 unspecified atom stereocenters. The van der Waals surface area contributed by atoms with Crippen molar-refractivity contribution in [3.8, 4) is 11.5 Å². The van der Waals surface area contributed by atoms with Crippen molar-refractivity contribution in [3.63, 3.8) is 0 Å². The molecule has 3 rings (SSSR count). The molecule has 5 nitrogen and oxygen atoms in total. The van der Waals surface area contributed by atoms with Crippen LogP contribution in [0.2, 0.25) is 0 Å². The van der Waals surface area contributed by atoms with Gasteiger partial charge >= 0.3 is 5.97 Å².